The summed E-state index contributed by atoms with van der Waals surface area (Å²) in [4.78, 5) is 0. The second kappa shape index (κ2) is 8.23. The topological polar surface area (TPSA) is 30.5 Å². The van der Waals surface area contributed by atoms with E-state index in [9.17, 15) is 0 Å². The van der Waals surface area contributed by atoms with Gasteiger partial charge in [0.15, 0.2) is 0 Å². The molecule has 0 spiro atoms. The van der Waals surface area contributed by atoms with Gasteiger partial charge in [0.2, 0.25) is 0 Å². The predicted molar refractivity (Wildman–Crippen MR) is 83.3 cm³/mol. The summed E-state index contributed by atoms with van der Waals surface area (Å²) in [5, 5.41) is 3.46. The minimum Gasteiger partial charge on any atom is -0.497 e. The molecule has 3 nitrogen and oxygen atoms in total. The summed E-state index contributed by atoms with van der Waals surface area (Å²) < 4.78 is 11.8. The van der Waals surface area contributed by atoms with Gasteiger partial charge >= 0.3 is 0 Å². The Balaban J connectivity index is 2.90. The summed E-state index contributed by atoms with van der Waals surface area (Å²) in [5.41, 5.74) is 1.13. The lowest BCUT2D eigenvalue weighted by molar-refractivity contribution is 0.346. The van der Waals surface area contributed by atoms with Crippen molar-refractivity contribution >= 4 is 15.9 Å². The summed E-state index contributed by atoms with van der Waals surface area (Å²) in [5.74, 6) is 1.62. The fourth-order valence-electron chi connectivity index (χ4n) is 1.75. The van der Waals surface area contributed by atoms with E-state index in [2.05, 4.69) is 41.7 Å². The van der Waals surface area contributed by atoms with Gasteiger partial charge in [0.1, 0.15) is 18.1 Å². The van der Waals surface area contributed by atoms with Crippen LogP contribution in [0.15, 0.2) is 29.3 Å². The van der Waals surface area contributed by atoms with Crippen molar-refractivity contribution in [2.24, 2.45) is 0 Å². The first kappa shape index (κ1) is 16.1. The lowest BCUT2D eigenvalue weighted by Gasteiger charge is -2.19. The minimum absolute atomic E-state index is 0.240. The third-order valence-corrected chi connectivity index (χ3v) is 3.00. The number of hydrogen-bond donors (Lipinski definition) is 1. The van der Waals surface area contributed by atoms with E-state index in [1.165, 1.54) is 0 Å². The Hall–Kier alpha value is -1.00. The quantitative estimate of drug-likeness (QED) is 0.781. The molecule has 1 aromatic carbocycles. The molecule has 0 aromatic heterocycles. The van der Waals surface area contributed by atoms with Crippen molar-refractivity contribution in [3.63, 3.8) is 0 Å². The van der Waals surface area contributed by atoms with E-state index in [-0.39, 0.29) is 6.04 Å². The van der Waals surface area contributed by atoms with E-state index >= 15 is 0 Å². The molecule has 0 saturated heterocycles. The number of halogens is 1. The lowest BCUT2D eigenvalue weighted by atomic mass is 10.1. The van der Waals surface area contributed by atoms with Gasteiger partial charge in [-0.05, 0) is 26.0 Å². The zero-order valence-corrected chi connectivity index (χ0v) is 13.4. The van der Waals surface area contributed by atoms with Gasteiger partial charge in [-0.15, -0.1) is 0 Å². The number of benzene rings is 1. The Morgan fingerprint density at radius 3 is 2.79 bits per heavy atom. The second-order valence-electron chi connectivity index (χ2n) is 4.39. The molecule has 0 aliphatic rings. The van der Waals surface area contributed by atoms with Gasteiger partial charge in [0.25, 0.3) is 0 Å². The molecular weight excluding hydrogens is 306 g/mol. The fourth-order valence-corrected chi connectivity index (χ4v) is 1.87. The van der Waals surface area contributed by atoms with Crippen molar-refractivity contribution in [3.8, 4) is 11.5 Å². The summed E-state index contributed by atoms with van der Waals surface area (Å²) in [6.07, 6.45) is 1.11. The van der Waals surface area contributed by atoms with Crippen molar-refractivity contribution in [3.05, 3.63) is 34.8 Å². The van der Waals surface area contributed by atoms with Crippen molar-refractivity contribution in [2.75, 3.05) is 20.3 Å². The molecule has 0 bridgehead atoms. The molecule has 1 atom stereocenters. The van der Waals surface area contributed by atoms with Crippen molar-refractivity contribution in [2.45, 2.75) is 26.3 Å². The third kappa shape index (κ3) is 5.25. The van der Waals surface area contributed by atoms with Crippen LogP contribution in [0, 0.1) is 0 Å². The van der Waals surface area contributed by atoms with Crippen LogP contribution >= 0.6 is 15.9 Å². The maximum Gasteiger partial charge on any atom is 0.128 e. The van der Waals surface area contributed by atoms with Crippen LogP contribution in [0.25, 0.3) is 0 Å². The molecule has 1 aromatic rings. The highest BCUT2D eigenvalue weighted by Gasteiger charge is 2.12. The highest BCUT2D eigenvalue weighted by Crippen LogP contribution is 2.30. The van der Waals surface area contributed by atoms with E-state index in [0.717, 1.165) is 34.5 Å². The molecule has 1 N–H and O–H groups in total. The molecule has 0 heterocycles. The van der Waals surface area contributed by atoms with Gasteiger partial charge in [-0.3, -0.25) is 0 Å². The third-order valence-electron chi connectivity index (χ3n) is 2.77. The number of ether oxygens (including phenoxy) is 2. The molecule has 4 heteroatoms. The van der Waals surface area contributed by atoms with E-state index in [0.29, 0.717) is 6.61 Å². The average molecular weight is 328 g/mol. The van der Waals surface area contributed by atoms with Crippen LogP contribution in [0.5, 0.6) is 11.5 Å². The lowest BCUT2D eigenvalue weighted by Crippen LogP contribution is -2.20. The fraction of sp³-hybridized carbons (Fsp3) is 0.467. The second-order valence-corrected chi connectivity index (χ2v) is 5.51. The van der Waals surface area contributed by atoms with Gasteiger partial charge in [-0.25, -0.2) is 0 Å². The monoisotopic (exact) mass is 327 g/mol. The molecular formula is C15H22BrNO2. The maximum atomic E-state index is 5.78. The van der Waals surface area contributed by atoms with E-state index in [1.807, 2.05) is 18.2 Å². The SMILES string of the molecule is C=C(Br)COc1cc(OC)ccc1C(C)NCCC. The molecule has 1 rings (SSSR count). The highest BCUT2D eigenvalue weighted by atomic mass is 79.9. The van der Waals surface area contributed by atoms with E-state index < -0.39 is 0 Å². The summed E-state index contributed by atoms with van der Waals surface area (Å²) >= 11 is 3.30. The number of hydrogen-bond acceptors (Lipinski definition) is 3. The zero-order valence-electron chi connectivity index (χ0n) is 11.8. The number of methoxy groups -OCH3 is 1. The van der Waals surface area contributed by atoms with Crippen LogP contribution in [0.2, 0.25) is 0 Å². The van der Waals surface area contributed by atoms with Crippen molar-refractivity contribution in [1.29, 1.82) is 0 Å². The first-order chi connectivity index (χ1) is 9.08. The first-order valence-electron chi connectivity index (χ1n) is 6.45. The van der Waals surface area contributed by atoms with Crippen LogP contribution in [-0.2, 0) is 0 Å². The van der Waals surface area contributed by atoms with Gasteiger partial charge in [-0.1, -0.05) is 35.5 Å². The number of nitrogens with one attached hydrogen (secondary N) is 1. The van der Waals surface area contributed by atoms with Crippen LogP contribution in [0.1, 0.15) is 31.9 Å². The largest absolute Gasteiger partial charge is 0.497 e. The predicted octanol–water partition coefficient (Wildman–Crippen LogP) is 4.04. The van der Waals surface area contributed by atoms with E-state index in [4.69, 9.17) is 9.47 Å². The van der Waals surface area contributed by atoms with Crippen LogP contribution in [0.4, 0.5) is 0 Å². The summed E-state index contributed by atoms with van der Waals surface area (Å²) in [7, 11) is 1.65. The Morgan fingerprint density at radius 2 is 2.21 bits per heavy atom. The molecule has 19 heavy (non-hydrogen) atoms. The summed E-state index contributed by atoms with van der Waals surface area (Å²) in [6, 6.07) is 6.15. The van der Waals surface area contributed by atoms with Gasteiger partial charge in [-0.2, -0.15) is 0 Å². The average Bonchev–Trinajstić information content (AvgIpc) is 2.42. The van der Waals surface area contributed by atoms with Crippen molar-refractivity contribution in [1.82, 2.24) is 5.32 Å². The van der Waals surface area contributed by atoms with Gasteiger partial charge < -0.3 is 14.8 Å². The molecule has 1 unspecified atom stereocenters. The molecule has 0 radical (unpaired) electrons. The van der Waals surface area contributed by atoms with Crippen molar-refractivity contribution < 1.29 is 9.47 Å². The molecule has 0 fully saturated rings. The molecule has 0 amide bonds. The molecule has 0 aliphatic heterocycles. The standard InChI is InChI=1S/C15H22BrNO2/c1-5-8-17-12(3)14-7-6-13(18-4)9-15(14)19-10-11(2)16/h6-7,9,12,17H,2,5,8,10H2,1,3-4H3. The molecule has 0 saturated carbocycles. The minimum atomic E-state index is 0.240. The van der Waals surface area contributed by atoms with Crippen LogP contribution in [0.3, 0.4) is 0 Å². The Bertz CT molecular complexity index is 421. The number of rotatable bonds is 8. The highest BCUT2D eigenvalue weighted by molar-refractivity contribution is 9.11. The molecule has 0 aliphatic carbocycles. The summed E-state index contributed by atoms with van der Waals surface area (Å²) in [6.45, 7) is 9.50. The zero-order chi connectivity index (χ0) is 14.3. The maximum absolute atomic E-state index is 5.78. The Kier molecular flexibility index (Phi) is 6.95. The van der Waals surface area contributed by atoms with Gasteiger partial charge in [0.05, 0.1) is 7.11 Å². The van der Waals surface area contributed by atoms with E-state index in [1.54, 1.807) is 7.11 Å². The smallest absolute Gasteiger partial charge is 0.128 e. The normalized spacial score (nSPS) is 12.0. The Labute approximate surface area is 124 Å². The Morgan fingerprint density at radius 1 is 1.47 bits per heavy atom. The van der Waals surface area contributed by atoms with Crippen LogP contribution in [-0.4, -0.2) is 20.3 Å². The van der Waals surface area contributed by atoms with Crippen LogP contribution < -0.4 is 14.8 Å². The first-order valence-corrected chi connectivity index (χ1v) is 7.25. The molecule has 106 valence electrons. The van der Waals surface area contributed by atoms with Gasteiger partial charge in [0, 0.05) is 22.2 Å².